The summed E-state index contributed by atoms with van der Waals surface area (Å²) >= 11 is 0. The minimum absolute atomic E-state index is 0.0566. The molecule has 0 bridgehead atoms. The molecule has 0 fully saturated rings. The largest absolute Gasteiger partial charge is 0.383 e. The molecule has 0 aromatic rings. The van der Waals surface area contributed by atoms with Gasteiger partial charge in [0.1, 0.15) is 0 Å². The maximum absolute atomic E-state index is 11.6. The lowest BCUT2D eigenvalue weighted by molar-refractivity contribution is -0.122. The number of amides is 1. The van der Waals surface area contributed by atoms with Crippen LogP contribution in [0.15, 0.2) is 0 Å². The highest BCUT2D eigenvalue weighted by Gasteiger charge is 2.14. The molecular weight excluding hydrogens is 218 g/mol. The van der Waals surface area contributed by atoms with E-state index in [1.54, 1.807) is 7.11 Å². The Bertz CT molecular complexity index is 210. The van der Waals surface area contributed by atoms with Crippen LogP contribution in [0.5, 0.6) is 0 Å². The van der Waals surface area contributed by atoms with Gasteiger partial charge in [-0.25, -0.2) is 0 Å². The standard InChI is InChI=1S/C12H27N3O2/c1-10(2)9-11(13)12(16)14-5-6-15(3)7-8-17-4/h10-11H,5-9,13H2,1-4H3,(H,14,16). The Labute approximate surface area is 105 Å². The average Bonchev–Trinajstić information content (AvgIpc) is 2.25. The third-order valence-corrected chi connectivity index (χ3v) is 2.53. The van der Waals surface area contributed by atoms with Crippen LogP contribution in [-0.2, 0) is 9.53 Å². The van der Waals surface area contributed by atoms with Gasteiger partial charge in [0.2, 0.25) is 5.91 Å². The van der Waals surface area contributed by atoms with Crippen LogP contribution in [0.3, 0.4) is 0 Å². The molecule has 1 unspecified atom stereocenters. The number of likely N-dealkylation sites (N-methyl/N-ethyl adjacent to an activating group) is 1. The van der Waals surface area contributed by atoms with E-state index in [1.807, 2.05) is 7.05 Å². The van der Waals surface area contributed by atoms with Crippen molar-refractivity contribution in [3.8, 4) is 0 Å². The zero-order valence-electron chi connectivity index (χ0n) is 11.5. The summed E-state index contributed by atoms with van der Waals surface area (Å²) < 4.78 is 4.97. The predicted octanol–water partition coefficient (Wildman–Crippen LogP) is 0.0542. The van der Waals surface area contributed by atoms with Crippen molar-refractivity contribution in [1.82, 2.24) is 10.2 Å². The molecule has 17 heavy (non-hydrogen) atoms. The number of nitrogens with two attached hydrogens (primary N) is 1. The number of carbonyl (C=O) groups excluding carboxylic acids is 1. The van der Waals surface area contributed by atoms with Crippen LogP contribution in [0.25, 0.3) is 0 Å². The topological polar surface area (TPSA) is 67.6 Å². The molecule has 5 heteroatoms. The smallest absolute Gasteiger partial charge is 0.236 e. The highest BCUT2D eigenvalue weighted by atomic mass is 16.5. The monoisotopic (exact) mass is 245 g/mol. The molecule has 1 amide bonds. The van der Waals surface area contributed by atoms with Crippen LogP contribution in [-0.4, -0.2) is 57.2 Å². The first kappa shape index (κ1) is 16.4. The normalized spacial score (nSPS) is 13.1. The molecule has 102 valence electrons. The summed E-state index contributed by atoms with van der Waals surface area (Å²) in [6, 6.07) is -0.390. The molecule has 0 heterocycles. The van der Waals surface area contributed by atoms with Gasteiger partial charge in [0.15, 0.2) is 0 Å². The fourth-order valence-electron chi connectivity index (χ4n) is 1.47. The molecule has 0 saturated heterocycles. The van der Waals surface area contributed by atoms with Crippen molar-refractivity contribution in [3.05, 3.63) is 0 Å². The molecule has 1 atom stereocenters. The fraction of sp³-hybridized carbons (Fsp3) is 0.917. The lowest BCUT2D eigenvalue weighted by Gasteiger charge is -2.18. The van der Waals surface area contributed by atoms with Gasteiger partial charge in [-0.15, -0.1) is 0 Å². The molecule has 0 aliphatic rings. The second-order valence-corrected chi connectivity index (χ2v) is 4.82. The van der Waals surface area contributed by atoms with Crippen LogP contribution in [0.2, 0.25) is 0 Å². The third-order valence-electron chi connectivity index (χ3n) is 2.53. The Kier molecular flexibility index (Phi) is 9.03. The predicted molar refractivity (Wildman–Crippen MR) is 69.8 cm³/mol. The summed E-state index contributed by atoms with van der Waals surface area (Å²) in [6.45, 7) is 7.13. The minimum atomic E-state index is -0.390. The third kappa shape index (κ3) is 9.09. The van der Waals surface area contributed by atoms with Gasteiger partial charge in [0.05, 0.1) is 12.6 Å². The molecule has 3 N–H and O–H groups in total. The number of rotatable bonds is 9. The summed E-state index contributed by atoms with van der Waals surface area (Å²) in [5, 5.41) is 2.85. The van der Waals surface area contributed by atoms with E-state index >= 15 is 0 Å². The van der Waals surface area contributed by atoms with Crippen molar-refractivity contribution in [2.24, 2.45) is 11.7 Å². The Morgan fingerprint density at radius 2 is 2.06 bits per heavy atom. The summed E-state index contributed by atoms with van der Waals surface area (Å²) in [4.78, 5) is 13.7. The molecule has 0 saturated carbocycles. The van der Waals surface area contributed by atoms with Crippen LogP contribution in [0, 0.1) is 5.92 Å². The van der Waals surface area contributed by atoms with Gasteiger partial charge in [-0.05, 0) is 19.4 Å². The lowest BCUT2D eigenvalue weighted by Crippen LogP contribution is -2.44. The van der Waals surface area contributed by atoms with Crippen molar-refractivity contribution in [3.63, 3.8) is 0 Å². The summed E-state index contributed by atoms with van der Waals surface area (Å²) in [5.74, 6) is 0.388. The molecule has 0 aromatic heterocycles. The minimum Gasteiger partial charge on any atom is -0.383 e. The first-order valence-electron chi connectivity index (χ1n) is 6.18. The van der Waals surface area contributed by atoms with E-state index in [0.29, 0.717) is 19.1 Å². The first-order valence-corrected chi connectivity index (χ1v) is 6.18. The number of hydrogen-bond acceptors (Lipinski definition) is 4. The number of nitrogens with one attached hydrogen (secondary N) is 1. The second-order valence-electron chi connectivity index (χ2n) is 4.82. The maximum Gasteiger partial charge on any atom is 0.236 e. The van der Waals surface area contributed by atoms with Gasteiger partial charge in [-0.2, -0.15) is 0 Å². The maximum atomic E-state index is 11.6. The molecule has 0 rings (SSSR count). The van der Waals surface area contributed by atoms with Crippen molar-refractivity contribution < 1.29 is 9.53 Å². The summed E-state index contributed by atoms with van der Waals surface area (Å²) in [5.41, 5.74) is 5.77. The Hall–Kier alpha value is -0.650. The zero-order valence-corrected chi connectivity index (χ0v) is 11.5. The number of hydrogen-bond donors (Lipinski definition) is 2. The van der Waals surface area contributed by atoms with Crippen molar-refractivity contribution in [2.45, 2.75) is 26.3 Å². The van der Waals surface area contributed by atoms with Crippen LogP contribution >= 0.6 is 0 Å². The van der Waals surface area contributed by atoms with Gasteiger partial charge < -0.3 is 20.7 Å². The quantitative estimate of drug-likeness (QED) is 0.602. The zero-order chi connectivity index (χ0) is 13.3. The summed E-state index contributed by atoms with van der Waals surface area (Å²) in [6.07, 6.45) is 0.728. The van der Waals surface area contributed by atoms with Crippen molar-refractivity contribution in [1.29, 1.82) is 0 Å². The van der Waals surface area contributed by atoms with Crippen LogP contribution in [0.1, 0.15) is 20.3 Å². The molecule has 0 aliphatic carbocycles. The molecule has 5 nitrogen and oxygen atoms in total. The highest BCUT2D eigenvalue weighted by Crippen LogP contribution is 2.02. The summed E-state index contributed by atoms with van der Waals surface area (Å²) in [7, 11) is 3.68. The number of ether oxygens (including phenoxy) is 1. The fourth-order valence-corrected chi connectivity index (χ4v) is 1.47. The highest BCUT2D eigenvalue weighted by molar-refractivity contribution is 5.81. The van der Waals surface area contributed by atoms with Crippen molar-refractivity contribution >= 4 is 5.91 Å². The molecule has 0 aromatic carbocycles. The molecular formula is C12H27N3O2. The van der Waals surface area contributed by atoms with Gasteiger partial charge in [-0.1, -0.05) is 13.8 Å². The van der Waals surface area contributed by atoms with Gasteiger partial charge in [0, 0.05) is 26.7 Å². The van der Waals surface area contributed by atoms with E-state index in [4.69, 9.17) is 10.5 Å². The number of carbonyl (C=O) groups is 1. The van der Waals surface area contributed by atoms with Crippen LogP contribution in [0.4, 0.5) is 0 Å². The number of nitrogens with zero attached hydrogens (tertiary/aromatic N) is 1. The lowest BCUT2D eigenvalue weighted by atomic mass is 10.0. The second kappa shape index (κ2) is 9.39. The average molecular weight is 245 g/mol. The van der Waals surface area contributed by atoms with E-state index in [9.17, 15) is 4.79 Å². The Balaban J connectivity index is 3.63. The Morgan fingerprint density at radius 1 is 1.41 bits per heavy atom. The van der Waals surface area contributed by atoms with Gasteiger partial charge >= 0.3 is 0 Å². The van der Waals surface area contributed by atoms with E-state index < -0.39 is 0 Å². The van der Waals surface area contributed by atoms with Crippen molar-refractivity contribution in [2.75, 3.05) is 40.4 Å². The number of methoxy groups -OCH3 is 1. The molecule has 0 radical (unpaired) electrons. The van der Waals surface area contributed by atoms with E-state index in [-0.39, 0.29) is 11.9 Å². The van der Waals surface area contributed by atoms with E-state index in [0.717, 1.165) is 19.5 Å². The van der Waals surface area contributed by atoms with Crippen LogP contribution < -0.4 is 11.1 Å². The molecule has 0 aliphatic heterocycles. The SMILES string of the molecule is COCCN(C)CCNC(=O)C(N)CC(C)C. The molecule has 0 spiro atoms. The first-order chi connectivity index (χ1) is 7.97. The van der Waals surface area contributed by atoms with E-state index in [1.165, 1.54) is 0 Å². The van der Waals surface area contributed by atoms with Gasteiger partial charge in [0.25, 0.3) is 0 Å². The Morgan fingerprint density at radius 3 is 2.59 bits per heavy atom. The van der Waals surface area contributed by atoms with Gasteiger partial charge in [-0.3, -0.25) is 4.79 Å². The van der Waals surface area contributed by atoms with E-state index in [2.05, 4.69) is 24.1 Å².